The quantitative estimate of drug-likeness (QED) is 0.256. The number of aromatic nitrogens is 1. The molecule has 8 nitrogen and oxygen atoms in total. The van der Waals surface area contributed by atoms with Crippen LogP contribution in [-0.4, -0.2) is 63.0 Å². The van der Waals surface area contributed by atoms with E-state index in [2.05, 4.69) is 15.2 Å². The zero-order valence-electron chi connectivity index (χ0n) is 22.8. The third-order valence-corrected chi connectivity index (χ3v) is 12.0. The van der Waals surface area contributed by atoms with E-state index in [1.165, 1.54) is 20.4 Å². The third-order valence-electron chi connectivity index (χ3n) is 7.87. The van der Waals surface area contributed by atoms with Gasteiger partial charge in [-0.25, -0.2) is 22.1 Å². The number of hydrogen-bond acceptors (Lipinski definition) is 8. The number of nitrogens with one attached hydrogen (secondary N) is 1. The minimum absolute atomic E-state index is 0.0736. The molecule has 0 spiro atoms. The van der Waals surface area contributed by atoms with Crippen LogP contribution in [0.1, 0.15) is 18.4 Å². The Bertz CT molecular complexity index is 1520. The first-order valence-corrected chi connectivity index (χ1v) is 16.3. The first-order valence-electron chi connectivity index (χ1n) is 12.8. The van der Waals surface area contributed by atoms with Crippen molar-refractivity contribution in [3.8, 4) is 11.5 Å². The van der Waals surface area contributed by atoms with Crippen molar-refractivity contribution in [3.05, 3.63) is 58.3 Å². The standard InChI is InChI=1S/C27H30Cl3FN4O4S2/c1-34(2)23-11-18-17(27(18,29)30)10-22(23)33-21-13-20(31)25(12-19(21)28)41(36,37)35(26-32-7-8-40-26)14-15-5-6-16(38-3)9-24(15)39-4/h5-9,12-13,17-18,22-23,33H,10-11,14H2,1-4H3/t17-,18?,22-,23?/m0/s1. The molecule has 0 radical (unpaired) electrons. The summed E-state index contributed by atoms with van der Waals surface area (Å²) in [5.41, 5.74) is 0.836. The number of benzene rings is 2. The molecule has 0 aliphatic heterocycles. The molecule has 2 aromatic carbocycles. The number of likely N-dealkylation sites (N-methyl/N-ethyl adjacent to an activating group) is 1. The summed E-state index contributed by atoms with van der Waals surface area (Å²) in [6.45, 7) is -0.159. The normalized spacial score (nSPS) is 23.1. The van der Waals surface area contributed by atoms with Crippen LogP contribution in [0, 0.1) is 17.7 Å². The molecule has 2 saturated carbocycles. The van der Waals surface area contributed by atoms with Gasteiger partial charge in [0.05, 0.1) is 31.5 Å². The lowest BCUT2D eigenvalue weighted by Gasteiger charge is -2.36. The van der Waals surface area contributed by atoms with Gasteiger partial charge in [-0.3, -0.25) is 0 Å². The number of rotatable bonds is 10. The van der Waals surface area contributed by atoms with Crippen molar-refractivity contribution in [2.75, 3.05) is 37.9 Å². The first kappa shape index (κ1) is 30.4. The van der Waals surface area contributed by atoms with Gasteiger partial charge >= 0.3 is 0 Å². The van der Waals surface area contributed by atoms with E-state index in [-0.39, 0.29) is 40.6 Å². The third kappa shape index (κ3) is 5.81. The van der Waals surface area contributed by atoms with Gasteiger partial charge in [0.2, 0.25) is 0 Å². The molecule has 222 valence electrons. The van der Waals surface area contributed by atoms with Gasteiger partial charge in [0.15, 0.2) is 5.13 Å². The molecule has 5 rings (SSSR count). The Balaban J connectivity index is 1.46. The fourth-order valence-corrected chi connectivity index (χ4v) is 9.04. The van der Waals surface area contributed by atoms with E-state index in [0.717, 1.165) is 34.2 Å². The van der Waals surface area contributed by atoms with E-state index in [4.69, 9.17) is 44.3 Å². The van der Waals surface area contributed by atoms with E-state index in [1.54, 1.807) is 23.6 Å². The van der Waals surface area contributed by atoms with E-state index in [1.807, 2.05) is 14.1 Å². The molecule has 0 amide bonds. The number of nitrogens with zero attached hydrogens (tertiary/aromatic N) is 3. The molecule has 1 N–H and O–H groups in total. The topological polar surface area (TPSA) is 84.0 Å². The Morgan fingerprint density at radius 2 is 1.88 bits per heavy atom. The highest BCUT2D eigenvalue weighted by Crippen LogP contribution is 2.65. The molecule has 1 aromatic heterocycles. The van der Waals surface area contributed by atoms with Crippen LogP contribution >= 0.6 is 46.1 Å². The Morgan fingerprint density at radius 3 is 2.51 bits per heavy atom. The number of sulfonamides is 1. The Morgan fingerprint density at radius 1 is 1.15 bits per heavy atom. The predicted molar refractivity (Wildman–Crippen MR) is 162 cm³/mol. The number of methoxy groups -OCH3 is 2. The molecule has 1 heterocycles. The minimum atomic E-state index is -4.44. The highest BCUT2D eigenvalue weighted by molar-refractivity contribution is 7.93. The summed E-state index contributed by atoms with van der Waals surface area (Å²) in [4.78, 5) is 5.71. The first-order chi connectivity index (χ1) is 19.4. The Kier molecular flexibility index (Phi) is 8.59. The fourth-order valence-electron chi connectivity index (χ4n) is 5.57. The lowest BCUT2D eigenvalue weighted by atomic mass is 9.89. The van der Waals surface area contributed by atoms with Gasteiger partial charge in [0.25, 0.3) is 10.0 Å². The van der Waals surface area contributed by atoms with Gasteiger partial charge in [-0.15, -0.1) is 34.5 Å². The Labute approximate surface area is 258 Å². The second-order valence-electron chi connectivity index (χ2n) is 10.4. The molecule has 2 aliphatic carbocycles. The van der Waals surface area contributed by atoms with Crippen LogP contribution in [0.2, 0.25) is 5.02 Å². The molecule has 4 atom stereocenters. The minimum Gasteiger partial charge on any atom is -0.497 e. The molecular weight excluding hydrogens is 634 g/mol. The van der Waals surface area contributed by atoms with Gasteiger partial charge in [-0.05, 0) is 63.0 Å². The molecule has 2 fully saturated rings. The smallest absolute Gasteiger partial charge is 0.269 e. The van der Waals surface area contributed by atoms with Crippen LogP contribution < -0.4 is 19.1 Å². The largest absolute Gasteiger partial charge is 0.497 e. The van der Waals surface area contributed by atoms with Crippen molar-refractivity contribution in [3.63, 3.8) is 0 Å². The average Bonchev–Trinajstić information content (AvgIpc) is 3.24. The van der Waals surface area contributed by atoms with E-state index < -0.39 is 25.1 Å². The number of thiazole rings is 1. The zero-order chi connectivity index (χ0) is 29.7. The second kappa shape index (κ2) is 11.6. The van der Waals surface area contributed by atoms with Gasteiger partial charge in [0.1, 0.15) is 26.5 Å². The maximum Gasteiger partial charge on any atom is 0.269 e. The summed E-state index contributed by atoms with van der Waals surface area (Å²) in [6, 6.07) is 7.27. The van der Waals surface area contributed by atoms with Crippen molar-refractivity contribution < 1.29 is 22.3 Å². The number of halogens is 4. The number of anilines is 2. The van der Waals surface area contributed by atoms with Gasteiger partial charge in [0, 0.05) is 35.3 Å². The lowest BCUT2D eigenvalue weighted by molar-refractivity contribution is 0.204. The highest BCUT2D eigenvalue weighted by atomic mass is 35.5. The molecule has 2 unspecified atom stereocenters. The molecule has 0 saturated heterocycles. The van der Waals surface area contributed by atoms with Crippen molar-refractivity contribution in [1.29, 1.82) is 0 Å². The Hall–Kier alpha value is -2.02. The van der Waals surface area contributed by atoms with Crippen LogP contribution in [0.25, 0.3) is 0 Å². The van der Waals surface area contributed by atoms with Gasteiger partial charge in [-0.2, -0.15) is 0 Å². The number of ether oxygens (including phenoxy) is 2. The van der Waals surface area contributed by atoms with Crippen LogP contribution in [-0.2, 0) is 16.6 Å². The second-order valence-corrected chi connectivity index (χ2v) is 15.0. The summed E-state index contributed by atoms with van der Waals surface area (Å²) >= 11 is 20.7. The molecular formula is C27H30Cl3FN4O4S2. The van der Waals surface area contributed by atoms with Gasteiger partial charge in [-0.1, -0.05) is 11.6 Å². The lowest BCUT2D eigenvalue weighted by Crippen LogP contribution is -2.46. The van der Waals surface area contributed by atoms with E-state index in [9.17, 15) is 8.42 Å². The molecule has 14 heteroatoms. The van der Waals surface area contributed by atoms with Crippen LogP contribution in [0.3, 0.4) is 0 Å². The van der Waals surface area contributed by atoms with Crippen molar-refractivity contribution in [1.82, 2.24) is 9.88 Å². The number of hydrogen-bond donors (Lipinski definition) is 1. The van der Waals surface area contributed by atoms with Gasteiger partial charge < -0.3 is 19.7 Å². The van der Waals surface area contributed by atoms with Crippen LogP contribution in [0.4, 0.5) is 15.2 Å². The SMILES string of the molecule is COc1ccc(CN(c2nccs2)S(=O)(=O)c2cc(Cl)c(N[C@H]3C[C@H]4C(CC3N(C)C)C4(Cl)Cl)cc2F)c(OC)c1. The number of alkyl halides is 2. The number of fused-ring (bicyclic) bond motifs is 1. The summed E-state index contributed by atoms with van der Waals surface area (Å²) in [5, 5.41) is 5.23. The van der Waals surface area contributed by atoms with E-state index in [0.29, 0.717) is 29.2 Å². The molecule has 0 bridgehead atoms. The maximum absolute atomic E-state index is 15.7. The van der Waals surface area contributed by atoms with Crippen LogP contribution in [0.15, 0.2) is 46.8 Å². The molecule has 2 aliphatic rings. The van der Waals surface area contributed by atoms with Crippen molar-refractivity contribution >= 4 is 67.0 Å². The monoisotopic (exact) mass is 662 g/mol. The molecule has 41 heavy (non-hydrogen) atoms. The zero-order valence-corrected chi connectivity index (χ0v) is 26.7. The molecule has 3 aromatic rings. The predicted octanol–water partition coefficient (Wildman–Crippen LogP) is 6.27. The summed E-state index contributed by atoms with van der Waals surface area (Å²) in [6.07, 6.45) is 2.95. The highest BCUT2D eigenvalue weighted by Gasteiger charge is 2.66. The van der Waals surface area contributed by atoms with Crippen molar-refractivity contribution in [2.24, 2.45) is 11.8 Å². The average molecular weight is 664 g/mol. The van der Waals surface area contributed by atoms with Crippen molar-refractivity contribution in [2.45, 2.75) is 40.7 Å². The fraction of sp³-hybridized carbons (Fsp3) is 0.444. The summed E-state index contributed by atoms with van der Waals surface area (Å²) < 4.78 is 54.6. The van der Waals surface area contributed by atoms with Crippen LogP contribution in [0.5, 0.6) is 11.5 Å². The maximum atomic E-state index is 15.7. The summed E-state index contributed by atoms with van der Waals surface area (Å²) in [5.74, 6) is 0.356. The summed E-state index contributed by atoms with van der Waals surface area (Å²) in [7, 11) is 2.49. The van der Waals surface area contributed by atoms with E-state index >= 15 is 4.39 Å².